The molecule has 12 heteroatoms. The molecule has 0 saturated heterocycles. The summed E-state index contributed by atoms with van der Waals surface area (Å²) in [6, 6.07) is 0. The monoisotopic (exact) mass is 428 g/mol. The largest absolute Gasteiger partial charge is 0.466 e. The highest BCUT2D eigenvalue weighted by Gasteiger charge is 2.26. The molecule has 0 amide bonds. The molecule has 0 spiro atoms. The molecule has 0 aliphatic rings. The van der Waals surface area contributed by atoms with Crippen LogP contribution in [0.4, 0.5) is 0 Å². The molecule has 0 radical (unpaired) electrons. The molecule has 0 fully saturated rings. The third-order valence-electron chi connectivity index (χ3n) is 3.00. The lowest BCUT2D eigenvalue weighted by Gasteiger charge is -2.18. The summed E-state index contributed by atoms with van der Waals surface area (Å²) in [6.07, 6.45) is 0.107. The van der Waals surface area contributed by atoms with Crippen molar-refractivity contribution in [2.24, 2.45) is 0 Å². The van der Waals surface area contributed by atoms with Crippen LogP contribution in [-0.2, 0) is 57.2 Å². The van der Waals surface area contributed by atoms with Crippen LogP contribution in [0.25, 0.3) is 0 Å². The maximum Gasteiger partial charge on any atom is 0.345 e. The summed E-state index contributed by atoms with van der Waals surface area (Å²) in [6.45, 7) is 5.02. The highest BCUT2D eigenvalue weighted by molar-refractivity contribution is 6.14. The van der Waals surface area contributed by atoms with Crippen molar-refractivity contribution in [2.75, 3.05) is 34.5 Å². The van der Waals surface area contributed by atoms with Crippen molar-refractivity contribution in [3.8, 4) is 0 Å². The van der Waals surface area contributed by atoms with E-state index in [2.05, 4.69) is 27.4 Å². The zero-order chi connectivity index (χ0) is 23.3. The van der Waals surface area contributed by atoms with E-state index in [0.29, 0.717) is 0 Å². The molecule has 0 aromatic carbocycles. The van der Waals surface area contributed by atoms with Crippen LogP contribution in [0.5, 0.6) is 0 Å². The van der Waals surface area contributed by atoms with Gasteiger partial charge in [-0.3, -0.25) is 0 Å². The molecule has 164 valence electrons. The van der Waals surface area contributed by atoms with Crippen molar-refractivity contribution in [1.82, 2.24) is 0 Å². The van der Waals surface area contributed by atoms with E-state index in [1.807, 2.05) is 0 Å². The van der Waals surface area contributed by atoms with Crippen LogP contribution in [0.1, 0.15) is 0 Å². The van der Waals surface area contributed by atoms with E-state index in [4.69, 9.17) is 14.2 Å². The van der Waals surface area contributed by atoms with Gasteiger partial charge < -0.3 is 28.4 Å². The van der Waals surface area contributed by atoms with E-state index in [0.717, 1.165) is 33.5 Å². The van der Waals surface area contributed by atoms with Gasteiger partial charge in [0.25, 0.3) is 0 Å². The Morgan fingerprint density at radius 3 is 1.63 bits per heavy atom. The van der Waals surface area contributed by atoms with Gasteiger partial charge in [0.2, 0.25) is 0 Å². The smallest absolute Gasteiger partial charge is 0.345 e. The zero-order valence-electron chi connectivity index (χ0n) is 16.5. The minimum absolute atomic E-state index is 0.639. The number of hydrogen-bond donors (Lipinski definition) is 0. The minimum Gasteiger partial charge on any atom is -0.466 e. The van der Waals surface area contributed by atoms with Gasteiger partial charge in [-0.15, -0.1) is 0 Å². The SMILES string of the molecule is C=C(C(=O)OC)C(=O)OCC(COC(=O)/C=C/C(=O)OC)OC(=O)C(=C)C(=O)OC. The number of esters is 6. The zero-order valence-corrected chi connectivity index (χ0v) is 16.5. The molecule has 0 bridgehead atoms. The van der Waals surface area contributed by atoms with Crippen LogP contribution in [0.15, 0.2) is 36.5 Å². The summed E-state index contributed by atoms with van der Waals surface area (Å²) < 4.78 is 27.3. The molecule has 0 aromatic rings. The Morgan fingerprint density at radius 1 is 0.667 bits per heavy atom. The number of carbonyl (C=O) groups excluding carboxylic acids is 6. The predicted octanol–water partition coefficient (Wildman–Crippen LogP) is -0.828. The Morgan fingerprint density at radius 2 is 1.13 bits per heavy atom. The summed E-state index contributed by atoms with van der Waals surface area (Å²) in [5.74, 6) is -6.39. The van der Waals surface area contributed by atoms with Crippen LogP contribution < -0.4 is 0 Å². The number of methoxy groups -OCH3 is 3. The number of hydrogen-bond acceptors (Lipinski definition) is 12. The van der Waals surface area contributed by atoms with Gasteiger partial charge in [-0.1, -0.05) is 13.2 Å². The van der Waals surface area contributed by atoms with E-state index >= 15 is 0 Å². The van der Waals surface area contributed by atoms with Crippen LogP contribution >= 0.6 is 0 Å². The van der Waals surface area contributed by atoms with Gasteiger partial charge in [-0.25, -0.2) is 28.8 Å². The summed E-state index contributed by atoms with van der Waals surface area (Å²) in [4.78, 5) is 68.8. The molecule has 0 saturated carbocycles. The fourth-order valence-corrected chi connectivity index (χ4v) is 1.43. The van der Waals surface area contributed by atoms with Gasteiger partial charge in [0.05, 0.1) is 21.3 Å². The number of carbonyl (C=O) groups is 6. The maximum atomic E-state index is 11.9. The summed E-state index contributed by atoms with van der Waals surface area (Å²) in [7, 11) is 3.12. The molecule has 12 nitrogen and oxygen atoms in total. The standard InChI is InChI=1S/C18H20O12/c1-10(15(21)26-4)17(23)29-9-12(30-18(24)11(2)16(22)27-5)8-28-14(20)7-6-13(19)25-3/h6-7,12H,1-2,8-9H2,3-5H3/b7-6+. The molecular formula is C18H20O12. The van der Waals surface area contributed by atoms with Gasteiger partial charge in [0.1, 0.15) is 24.4 Å². The van der Waals surface area contributed by atoms with Crippen LogP contribution in [0, 0.1) is 0 Å². The predicted molar refractivity (Wildman–Crippen MR) is 95.3 cm³/mol. The summed E-state index contributed by atoms with van der Waals surface area (Å²) in [5, 5.41) is 0. The highest BCUT2D eigenvalue weighted by atomic mass is 16.6. The molecule has 0 heterocycles. The second kappa shape index (κ2) is 13.3. The second-order valence-electron chi connectivity index (χ2n) is 5.05. The maximum absolute atomic E-state index is 11.9. The van der Waals surface area contributed by atoms with Crippen molar-refractivity contribution >= 4 is 35.8 Å². The van der Waals surface area contributed by atoms with Crippen molar-refractivity contribution in [3.63, 3.8) is 0 Å². The quantitative estimate of drug-likeness (QED) is 0.132. The van der Waals surface area contributed by atoms with E-state index in [1.54, 1.807) is 0 Å². The molecule has 1 atom stereocenters. The molecule has 0 aromatic heterocycles. The Labute approximate surface area is 171 Å². The normalized spacial score (nSPS) is 10.9. The Kier molecular flexibility index (Phi) is 11.5. The van der Waals surface area contributed by atoms with Crippen molar-refractivity contribution in [3.05, 3.63) is 36.5 Å². The molecule has 0 aliphatic carbocycles. The van der Waals surface area contributed by atoms with Crippen molar-refractivity contribution in [1.29, 1.82) is 0 Å². The Bertz CT molecular complexity index is 761. The molecular weight excluding hydrogens is 408 g/mol. The Balaban J connectivity index is 5.10. The van der Waals surface area contributed by atoms with Gasteiger partial charge >= 0.3 is 35.8 Å². The average molecular weight is 428 g/mol. The third kappa shape index (κ3) is 9.30. The number of rotatable bonds is 11. The van der Waals surface area contributed by atoms with Gasteiger partial charge in [-0.05, 0) is 0 Å². The first-order valence-corrected chi connectivity index (χ1v) is 7.92. The van der Waals surface area contributed by atoms with E-state index in [1.165, 1.54) is 0 Å². The molecule has 0 aliphatic heterocycles. The lowest BCUT2D eigenvalue weighted by molar-refractivity contribution is -0.163. The topological polar surface area (TPSA) is 158 Å². The van der Waals surface area contributed by atoms with Crippen LogP contribution in [0.3, 0.4) is 0 Å². The molecule has 0 rings (SSSR count). The number of ether oxygens (including phenoxy) is 6. The van der Waals surface area contributed by atoms with Crippen LogP contribution in [0.2, 0.25) is 0 Å². The van der Waals surface area contributed by atoms with E-state index in [-0.39, 0.29) is 0 Å². The lowest BCUT2D eigenvalue weighted by Crippen LogP contribution is -2.32. The Hall–Kier alpha value is -3.96. The summed E-state index contributed by atoms with van der Waals surface area (Å²) in [5.41, 5.74) is -1.32. The first kappa shape index (κ1) is 26.0. The van der Waals surface area contributed by atoms with Crippen LogP contribution in [-0.4, -0.2) is 76.5 Å². The lowest BCUT2D eigenvalue weighted by atomic mass is 10.3. The third-order valence-corrected chi connectivity index (χ3v) is 3.00. The first-order chi connectivity index (χ1) is 14.1. The fourth-order valence-electron chi connectivity index (χ4n) is 1.43. The second-order valence-corrected chi connectivity index (χ2v) is 5.05. The summed E-state index contributed by atoms with van der Waals surface area (Å²) >= 11 is 0. The van der Waals surface area contributed by atoms with Crippen molar-refractivity contribution < 1.29 is 57.2 Å². The van der Waals surface area contributed by atoms with Crippen molar-refractivity contribution in [2.45, 2.75) is 6.10 Å². The van der Waals surface area contributed by atoms with Gasteiger partial charge in [-0.2, -0.15) is 0 Å². The first-order valence-electron chi connectivity index (χ1n) is 7.92. The van der Waals surface area contributed by atoms with E-state index < -0.39 is 66.3 Å². The van der Waals surface area contributed by atoms with Gasteiger partial charge in [0.15, 0.2) is 6.10 Å². The fraction of sp³-hybridized carbons (Fsp3) is 0.333. The van der Waals surface area contributed by atoms with E-state index in [9.17, 15) is 28.8 Å². The minimum atomic E-state index is -1.41. The molecule has 1 unspecified atom stereocenters. The average Bonchev–Trinajstić information content (AvgIpc) is 2.76. The van der Waals surface area contributed by atoms with Gasteiger partial charge in [0, 0.05) is 12.2 Å². The molecule has 0 N–H and O–H groups in total. The highest BCUT2D eigenvalue weighted by Crippen LogP contribution is 2.06. The molecule has 30 heavy (non-hydrogen) atoms.